The predicted octanol–water partition coefficient (Wildman–Crippen LogP) is 1.48. The molecule has 3 aliphatic carbocycles. The lowest BCUT2D eigenvalue weighted by Crippen LogP contribution is -2.48. The standard InChI is InChI=1S/C13H19N3O/c1-7(2)13-12-9-4-3-8(5-11(9)17)10(12)6-16(14)15-13/h7-8,10H,3-6,14H2,1-2H3. The number of carbonyl (C=O) groups is 1. The van der Waals surface area contributed by atoms with Gasteiger partial charge in [0.25, 0.3) is 0 Å². The fraction of sp³-hybridized carbons (Fsp3) is 0.692. The molecule has 2 atom stereocenters. The highest BCUT2D eigenvalue weighted by Gasteiger charge is 2.44. The minimum atomic E-state index is 0.332. The zero-order valence-electron chi connectivity index (χ0n) is 10.4. The number of hydrogen-bond donors (Lipinski definition) is 1. The molecule has 4 heteroatoms. The molecule has 0 radical (unpaired) electrons. The second kappa shape index (κ2) is 3.67. The van der Waals surface area contributed by atoms with Gasteiger partial charge in [0.2, 0.25) is 0 Å². The normalized spacial score (nSPS) is 32.1. The van der Waals surface area contributed by atoms with Gasteiger partial charge in [-0.3, -0.25) is 4.79 Å². The van der Waals surface area contributed by atoms with Crippen LogP contribution in [-0.2, 0) is 4.79 Å². The second-order valence-corrected chi connectivity index (χ2v) is 5.69. The van der Waals surface area contributed by atoms with Crippen molar-refractivity contribution in [2.45, 2.75) is 33.1 Å². The number of allylic oxidation sites excluding steroid dienone is 1. The van der Waals surface area contributed by atoms with E-state index in [0.29, 0.717) is 23.5 Å². The van der Waals surface area contributed by atoms with Crippen molar-refractivity contribution < 1.29 is 4.79 Å². The van der Waals surface area contributed by atoms with Crippen LogP contribution in [0.3, 0.4) is 0 Å². The Morgan fingerprint density at radius 2 is 2.24 bits per heavy atom. The van der Waals surface area contributed by atoms with Gasteiger partial charge in [0.15, 0.2) is 5.78 Å². The van der Waals surface area contributed by atoms with Crippen LogP contribution in [0.25, 0.3) is 0 Å². The molecule has 17 heavy (non-hydrogen) atoms. The third-order valence-electron chi connectivity index (χ3n) is 4.26. The van der Waals surface area contributed by atoms with E-state index in [1.807, 2.05) is 0 Å². The number of carbonyl (C=O) groups excluding carboxylic acids is 1. The smallest absolute Gasteiger partial charge is 0.159 e. The van der Waals surface area contributed by atoms with Crippen molar-refractivity contribution in [2.75, 3.05) is 6.54 Å². The minimum Gasteiger partial charge on any atom is -0.295 e. The van der Waals surface area contributed by atoms with Crippen LogP contribution in [0.1, 0.15) is 33.1 Å². The first-order valence-corrected chi connectivity index (χ1v) is 6.45. The van der Waals surface area contributed by atoms with Crippen molar-refractivity contribution >= 4 is 11.5 Å². The molecule has 0 amide bonds. The summed E-state index contributed by atoms with van der Waals surface area (Å²) in [5, 5.41) is 6.00. The second-order valence-electron chi connectivity index (χ2n) is 5.69. The number of nitrogens with two attached hydrogens (primary N) is 1. The van der Waals surface area contributed by atoms with Gasteiger partial charge >= 0.3 is 0 Å². The average Bonchev–Trinajstić information content (AvgIpc) is 2.28. The molecular formula is C13H19N3O. The molecule has 4 nitrogen and oxygen atoms in total. The third-order valence-corrected chi connectivity index (χ3v) is 4.26. The summed E-state index contributed by atoms with van der Waals surface area (Å²) in [5.74, 6) is 7.49. The number of fused-ring (bicyclic) bond motifs is 2. The van der Waals surface area contributed by atoms with Crippen LogP contribution >= 0.6 is 0 Å². The van der Waals surface area contributed by atoms with Gasteiger partial charge in [-0.1, -0.05) is 13.8 Å². The Balaban J connectivity index is 2.14. The largest absolute Gasteiger partial charge is 0.295 e. The molecule has 92 valence electrons. The van der Waals surface area contributed by atoms with Crippen LogP contribution < -0.4 is 5.84 Å². The highest BCUT2D eigenvalue weighted by Crippen LogP contribution is 2.46. The Morgan fingerprint density at radius 3 is 2.88 bits per heavy atom. The van der Waals surface area contributed by atoms with Crippen molar-refractivity contribution in [3.63, 3.8) is 0 Å². The maximum atomic E-state index is 12.0. The van der Waals surface area contributed by atoms with Gasteiger partial charge in [-0.15, -0.1) is 0 Å². The number of Topliss-reactive ketones (excluding diaryl/α,β-unsaturated/α-hetero) is 1. The van der Waals surface area contributed by atoms with Crippen LogP contribution in [-0.4, -0.2) is 23.2 Å². The third kappa shape index (κ3) is 1.54. The Labute approximate surface area is 102 Å². The molecule has 2 N–H and O–H groups in total. The first-order valence-electron chi connectivity index (χ1n) is 6.45. The van der Waals surface area contributed by atoms with Gasteiger partial charge < -0.3 is 0 Å². The quantitative estimate of drug-likeness (QED) is 0.698. The zero-order chi connectivity index (χ0) is 12.2. The molecule has 0 saturated heterocycles. The van der Waals surface area contributed by atoms with Crippen molar-refractivity contribution in [1.82, 2.24) is 5.12 Å². The Bertz CT molecular complexity index is 436. The van der Waals surface area contributed by atoms with E-state index in [2.05, 4.69) is 18.9 Å². The van der Waals surface area contributed by atoms with E-state index in [1.54, 1.807) is 5.12 Å². The lowest BCUT2D eigenvalue weighted by atomic mass is 9.63. The lowest BCUT2D eigenvalue weighted by molar-refractivity contribution is -0.119. The molecule has 1 saturated carbocycles. The maximum Gasteiger partial charge on any atom is 0.159 e. The number of hydrazone groups is 1. The molecule has 0 spiro atoms. The summed E-state index contributed by atoms with van der Waals surface area (Å²) in [6.07, 6.45) is 2.82. The molecule has 2 unspecified atom stereocenters. The van der Waals surface area contributed by atoms with E-state index in [1.165, 1.54) is 5.57 Å². The molecular weight excluding hydrogens is 214 g/mol. The topological polar surface area (TPSA) is 58.7 Å². The number of rotatable bonds is 1. The Kier molecular flexibility index (Phi) is 2.36. The summed E-state index contributed by atoms with van der Waals surface area (Å²) in [4.78, 5) is 12.0. The van der Waals surface area contributed by atoms with Gasteiger partial charge in [0.05, 0.1) is 12.3 Å². The maximum absolute atomic E-state index is 12.0. The van der Waals surface area contributed by atoms with Crippen molar-refractivity contribution in [3.05, 3.63) is 11.1 Å². The number of nitrogens with zero attached hydrogens (tertiary/aromatic N) is 2. The van der Waals surface area contributed by atoms with Crippen molar-refractivity contribution in [3.8, 4) is 0 Å². The molecule has 0 aromatic heterocycles. The van der Waals surface area contributed by atoms with Gasteiger partial charge in [-0.2, -0.15) is 5.10 Å². The summed E-state index contributed by atoms with van der Waals surface area (Å²) in [6.45, 7) is 5.01. The highest BCUT2D eigenvalue weighted by atomic mass is 16.1. The molecule has 2 bridgehead atoms. The fourth-order valence-corrected chi connectivity index (χ4v) is 3.47. The van der Waals surface area contributed by atoms with Gasteiger partial charge in [0, 0.05) is 17.9 Å². The van der Waals surface area contributed by atoms with Crippen molar-refractivity contribution in [1.29, 1.82) is 0 Å². The van der Waals surface area contributed by atoms with Gasteiger partial charge in [0.1, 0.15) is 0 Å². The van der Waals surface area contributed by atoms with E-state index in [9.17, 15) is 4.79 Å². The summed E-state index contributed by atoms with van der Waals surface area (Å²) < 4.78 is 0. The molecule has 0 aromatic rings. The van der Waals surface area contributed by atoms with E-state index in [-0.39, 0.29) is 0 Å². The van der Waals surface area contributed by atoms with E-state index >= 15 is 0 Å². The molecule has 1 heterocycles. The zero-order valence-corrected chi connectivity index (χ0v) is 10.4. The number of ketones is 1. The van der Waals surface area contributed by atoms with Crippen LogP contribution in [0.15, 0.2) is 16.2 Å². The lowest BCUT2D eigenvalue weighted by Gasteiger charge is -2.44. The monoisotopic (exact) mass is 233 g/mol. The first kappa shape index (κ1) is 11.0. The summed E-state index contributed by atoms with van der Waals surface area (Å²) >= 11 is 0. The van der Waals surface area contributed by atoms with Gasteiger partial charge in [-0.05, 0) is 30.3 Å². The summed E-state index contributed by atoms with van der Waals surface area (Å²) in [6, 6.07) is 0. The molecule has 1 fully saturated rings. The summed E-state index contributed by atoms with van der Waals surface area (Å²) in [7, 11) is 0. The van der Waals surface area contributed by atoms with Crippen LogP contribution in [0, 0.1) is 17.8 Å². The summed E-state index contributed by atoms with van der Waals surface area (Å²) in [5.41, 5.74) is 3.34. The van der Waals surface area contributed by atoms with Crippen LogP contribution in [0.5, 0.6) is 0 Å². The average molecular weight is 233 g/mol. The molecule has 4 rings (SSSR count). The number of hydrogen-bond acceptors (Lipinski definition) is 4. The van der Waals surface area contributed by atoms with E-state index in [0.717, 1.165) is 37.1 Å². The highest BCUT2D eigenvalue weighted by molar-refractivity contribution is 6.11. The van der Waals surface area contributed by atoms with Gasteiger partial charge in [-0.25, -0.2) is 11.0 Å². The SMILES string of the molecule is CC(C)C1=NN(N)CC2C1=C1CCC2CC1=O. The number of hydrazine groups is 1. The molecule has 4 aliphatic rings. The van der Waals surface area contributed by atoms with Crippen LogP contribution in [0.4, 0.5) is 0 Å². The Hall–Kier alpha value is -1.16. The predicted molar refractivity (Wildman–Crippen MR) is 66.0 cm³/mol. The molecule has 1 aliphatic heterocycles. The van der Waals surface area contributed by atoms with Crippen LogP contribution in [0.2, 0.25) is 0 Å². The fourth-order valence-electron chi connectivity index (χ4n) is 3.47. The van der Waals surface area contributed by atoms with E-state index in [4.69, 9.17) is 5.84 Å². The molecule has 0 aromatic carbocycles. The van der Waals surface area contributed by atoms with Crippen molar-refractivity contribution in [2.24, 2.45) is 28.7 Å². The first-order chi connectivity index (χ1) is 8.08. The minimum absolute atomic E-state index is 0.332. The van der Waals surface area contributed by atoms with E-state index < -0.39 is 0 Å². The Morgan fingerprint density at radius 1 is 1.47 bits per heavy atom.